The van der Waals surface area contributed by atoms with Gasteiger partial charge in [0.25, 0.3) is 0 Å². The molecule has 1 atom stereocenters. The lowest BCUT2D eigenvalue weighted by Crippen LogP contribution is -2.33. The highest BCUT2D eigenvalue weighted by Gasteiger charge is 2.19. The molecule has 0 radical (unpaired) electrons. The minimum Gasteiger partial charge on any atom is -0.316 e. The number of halogens is 2. The molecule has 1 N–H and O–H groups in total. The quantitative estimate of drug-likeness (QED) is 0.851. The Balaban J connectivity index is 2.03. The lowest BCUT2D eigenvalue weighted by Gasteiger charge is -2.27. The Morgan fingerprint density at radius 3 is 2.80 bits per heavy atom. The maximum absolute atomic E-state index is 6.32. The summed E-state index contributed by atoms with van der Waals surface area (Å²) >= 11 is 12.4. The maximum atomic E-state index is 6.32. The second-order valence-electron chi connectivity index (χ2n) is 6.16. The summed E-state index contributed by atoms with van der Waals surface area (Å²) in [6.07, 6.45) is 1.28. The molecule has 4 heteroatoms. The molecule has 0 aromatic heterocycles. The van der Waals surface area contributed by atoms with E-state index in [0.29, 0.717) is 16.0 Å². The third kappa shape index (κ3) is 4.63. The Hall–Kier alpha value is -0.280. The lowest BCUT2D eigenvalue weighted by molar-refractivity contribution is 0.205. The predicted molar refractivity (Wildman–Crippen MR) is 87.6 cm³/mol. The van der Waals surface area contributed by atoms with Gasteiger partial charge in [-0.15, -0.1) is 0 Å². The zero-order valence-corrected chi connectivity index (χ0v) is 13.8. The van der Waals surface area contributed by atoms with E-state index in [1.165, 1.54) is 6.42 Å². The van der Waals surface area contributed by atoms with E-state index in [9.17, 15) is 0 Å². The van der Waals surface area contributed by atoms with Crippen LogP contribution in [0, 0.1) is 11.8 Å². The van der Waals surface area contributed by atoms with Crippen molar-refractivity contribution in [2.45, 2.75) is 26.8 Å². The van der Waals surface area contributed by atoms with E-state index in [4.69, 9.17) is 23.2 Å². The number of rotatable bonds is 6. The van der Waals surface area contributed by atoms with Crippen molar-refractivity contribution in [3.63, 3.8) is 0 Å². The van der Waals surface area contributed by atoms with E-state index in [-0.39, 0.29) is 0 Å². The summed E-state index contributed by atoms with van der Waals surface area (Å²) < 4.78 is 0. The minimum absolute atomic E-state index is 0.649. The molecule has 1 aromatic carbocycles. The maximum Gasteiger partial charge on any atom is 0.0637 e. The molecule has 112 valence electrons. The smallest absolute Gasteiger partial charge is 0.0637 e. The van der Waals surface area contributed by atoms with E-state index in [1.807, 2.05) is 12.1 Å². The molecule has 1 heterocycles. The van der Waals surface area contributed by atoms with E-state index in [2.05, 4.69) is 30.1 Å². The van der Waals surface area contributed by atoms with Gasteiger partial charge in [0.05, 0.1) is 10.0 Å². The molecule has 1 saturated heterocycles. The van der Waals surface area contributed by atoms with Gasteiger partial charge in [0.1, 0.15) is 0 Å². The van der Waals surface area contributed by atoms with Crippen molar-refractivity contribution >= 4 is 23.2 Å². The molecule has 2 rings (SSSR count). The van der Waals surface area contributed by atoms with Gasteiger partial charge in [0.2, 0.25) is 0 Å². The normalized spacial score (nSPS) is 19.2. The number of nitrogens with zero attached hydrogens (tertiary/aromatic N) is 1. The van der Waals surface area contributed by atoms with Crippen molar-refractivity contribution < 1.29 is 0 Å². The summed E-state index contributed by atoms with van der Waals surface area (Å²) in [4.78, 5) is 2.51. The van der Waals surface area contributed by atoms with E-state index >= 15 is 0 Å². The standard InChI is InChI=1S/C16H24Cl2N2/c1-12(2)9-20(10-13-6-7-19-8-13)11-14-4-3-5-15(17)16(14)18/h3-5,12-13,19H,6-11H2,1-2H3/t13-/m0/s1. The monoisotopic (exact) mass is 314 g/mol. The molecule has 20 heavy (non-hydrogen) atoms. The fourth-order valence-corrected chi connectivity index (χ4v) is 3.25. The van der Waals surface area contributed by atoms with Crippen LogP contribution in [0.3, 0.4) is 0 Å². The molecule has 0 bridgehead atoms. The van der Waals surface area contributed by atoms with Crippen molar-refractivity contribution in [3.05, 3.63) is 33.8 Å². The van der Waals surface area contributed by atoms with Gasteiger partial charge in [0.15, 0.2) is 0 Å². The van der Waals surface area contributed by atoms with Crippen LogP contribution >= 0.6 is 23.2 Å². The van der Waals surface area contributed by atoms with Gasteiger partial charge in [-0.2, -0.15) is 0 Å². The molecule has 0 unspecified atom stereocenters. The van der Waals surface area contributed by atoms with E-state index < -0.39 is 0 Å². The molecule has 1 aromatic rings. The number of hydrogen-bond acceptors (Lipinski definition) is 2. The Morgan fingerprint density at radius 1 is 1.35 bits per heavy atom. The zero-order valence-electron chi connectivity index (χ0n) is 12.3. The zero-order chi connectivity index (χ0) is 14.5. The Morgan fingerprint density at radius 2 is 2.15 bits per heavy atom. The summed E-state index contributed by atoms with van der Waals surface area (Å²) in [5, 5.41) is 4.79. The predicted octanol–water partition coefficient (Wildman–Crippen LogP) is 4.06. The van der Waals surface area contributed by atoms with Gasteiger partial charge in [-0.05, 0) is 43.0 Å². The minimum atomic E-state index is 0.649. The van der Waals surface area contributed by atoms with Crippen LogP contribution in [-0.2, 0) is 6.54 Å². The number of benzene rings is 1. The average Bonchev–Trinajstić information content (AvgIpc) is 2.87. The largest absolute Gasteiger partial charge is 0.316 e. The summed E-state index contributed by atoms with van der Waals surface area (Å²) in [6.45, 7) is 9.93. The van der Waals surface area contributed by atoms with E-state index in [1.54, 1.807) is 0 Å². The molecule has 2 nitrogen and oxygen atoms in total. The first kappa shape index (κ1) is 16.1. The molecule has 0 saturated carbocycles. The van der Waals surface area contributed by atoms with Gasteiger partial charge in [-0.3, -0.25) is 4.90 Å². The van der Waals surface area contributed by atoms with Crippen LogP contribution in [0.1, 0.15) is 25.8 Å². The Bertz CT molecular complexity index is 428. The Labute approximate surface area is 132 Å². The highest BCUT2D eigenvalue weighted by molar-refractivity contribution is 6.42. The summed E-state index contributed by atoms with van der Waals surface area (Å²) in [5.74, 6) is 1.41. The molecule has 1 aliphatic heterocycles. The molecule has 1 fully saturated rings. The third-order valence-electron chi connectivity index (χ3n) is 3.73. The third-order valence-corrected chi connectivity index (χ3v) is 4.59. The van der Waals surface area contributed by atoms with Crippen molar-refractivity contribution in [2.24, 2.45) is 11.8 Å². The van der Waals surface area contributed by atoms with Gasteiger partial charge >= 0.3 is 0 Å². The average molecular weight is 315 g/mol. The van der Waals surface area contributed by atoms with Crippen molar-refractivity contribution in [2.75, 3.05) is 26.2 Å². The van der Waals surface area contributed by atoms with E-state index in [0.717, 1.165) is 44.2 Å². The fourth-order valence-electron chi connectivity index (χ4n) is 2.87. The van der Waals surface area contributed by atoms with Crippen LogP contribution in [0.25, 0.3) is 0 Å². The van der Waals surface area contributed by atoms with Gasteiger partial charge in [-0.1, -0.05) is 49.2 Å². The van der Waals surface area contributed by atoms with Crippen LogP contribution in [-0.4, -0.2) is 31.1 Å². The van der Waals surface area contributed by atoms with Crippen LogP contribution < -0.4 is 5.32 Å². The summed E-state index contributed by atoms with van der Waals surface area (Å²) in [5.41, 5.74) is 1.13. The first-order valence-electron chi connectivity index (χ1n) is 7.42. The van der Waals surface area contributed by atoms with Gasteiger partial charge < -0.3 is 5.32 Å². The Kier molecular flexibility index (Phi) is 6.16. The highest BCUT2D eigenvalue weighted by atomic mass is 35.5. The van der Waals surface area contributed by atoms with Gasteiger partial charge in [0, 0.05) is 19.6 Å². The highest BCUT2D eigenvalue weighted by Crippen LogP contribution is 2.27. The van der Waals surface area contributed by atoms with Crippen LogP contribution in [0.15, 0.2) is 18.2 Å². The van der Waals surface area contributed by atoms with Crippen molar-refractivity contribution in [3.8, 4) is 0 Å². The SMILES string of the molecule is CC(C)CN(Cc1cccc(Cl)c1Cl)C[C@H]1CCNC1. The van der Waals surface area contributed by atoms with Crippen LogP contribution in [0.4, 0.5) is 0 Å². The fraction of sp³-hybridized carbons (Fsp3) is 0.625. The van der Waals surface area contributed by atoms with Crippen LogP contribution in [0.5, 0.6) is 0 Å². The molecule has 0 spiro atoms. The van der Waals surface area contributed by atoms with Crippen LogP contribution in [0.2, 0.25) is 10.0 Å². The first-order chi connectivity index (χ1) is 9.56. The van der Waals surface area contributed by atoms with Crippen molar-refractivity contribution in [1.82, 2.24) is 10.2 Å². The first-order valence-corrected chi connectivity index (χ1v) is 8.17. The second-order valence-corrected chi connectivity index (χ2v) is 6.94. The molecular weight excluding hydrogens is 291 g/mol. The molecule has 1 aliphatic rings. The molecule has 0 amide bonds. The molecule has 0 aliphatic carbocycles. The number of hydrogen-bond donors (Lipinski definition) is 1. The molecular formula is C16H24Cl2N2. The van der Waals surface area contributed by atoms with Crippen molar-refractivity contribution in [1.29, 1.82) is 0 Å². The lowest BCUT2D eigenvalue weighted by atomic mass is 10.1. The topological polar surface area (TPSA) is 15.3 Å². The summed E-state index contributed by atoms with van der Waals surface area (Å²) in [6, 6.07) is 5.91. The van der Waals surface area contributed by atoms with Gasteiger partial charge in [-0.25, -0.2) is 0 Å². The second kappa shape index (κ2) is 7.65. The summed E-state index contributed by atoms with van der Waals surface area (Å²) in [7, 11) is 0. The number of nitrogens with one attached hydrogen (secondary N) is 1.